The highest BCUT2D eigenvalue weighted by Crippen LogP contribution is 2.21. The van der Waals surface area contributed by atoms with Gasteiger partial charge in [0.15, 0.2) is 0 Å². The summed E-state index contributed by atoms with van der Waals surface area (Å²) in [5, 5.41) is 3.35. The Bertz CT molecular complexity index is 473. The van der Waals surface area contributed by atoms with Gasteiger partial charge in [-0.15, -0.1) is 11.3 Å². The molecule has 0 saturated carbocycles. The zero-order valence-corrected chi connectivity index (χ0v) is 11.6. The van der Waals surface area contributed by atoms with Gasteiger partial charge in [0.05, 0.1) is 4.34 Å². The molecule has 0 aliphatic heterocycles. The molecule has 2 nitrogen and oxygen atoms in total. The first-order valence-corrected chi connectivity index (χ1v) is 6.77. The van der Waals surface area contributed by atoms with Gasteiger partial charge in [-0.2, -0.15) is 0 Å². The number of rotatable bonds is 4. The summed E-state index contributed by atoms with van der Waals surface area (Å²) in [4.78, 5) is 5.35. The number of halogens is 2. The lowest BCUT2D eigenvalue weighted by molar-refractivity contribution is 0.698. The van der Waals surface area contributed by atoms with E-state index >= 15 is 0 Å². The van der Waals surface area contributed by atoms with Crippen molar-refractivity contribution in [2.45, 2.75) is 13.1 Å². The number of nitrogens with zero attached hydrogens (tertiary/aromatic N) is 1. The van der Waals surface area contributed by atoms with Crippen molar-refractivity contribution in [2.75, 3.05) is 0 Å². The maximum Gasteiger partial charge on any atom is 0.0931 e. The van der Waals surface area contributed by atoms with Crippen LogP contribution >= 0.6 is 38.9 Å². The van der Waals surface area contributed by atoms with E-state index in [0.717, 1.165) is 27.5 Å². The fraction of sp³-hybridized carbons (Fsp3) is 0.182. The van der Waals surface area contributed by atoms with Crippen LogP contribution < -0.4 is 5.32 Å². The van der Waals surface area contributed by atoms with Gasteiger partial charge >= 0.3 is 0 Å². The van der Waals surface area contributed by atoms with Crippen LogP contribution in [0.5, 0.6) is 0 Å². The van der Waals surface area contributed by atoms with E-state index in [1.165, 1.54) is 4.88 Å². The standard InChI is InChI=1S/C11H10BrClN2S/c12-9-3-8(4-14-6-9)5-15-7-10-1-2-11(13)16-10/h1-4,6,15H,5,7H2. The summed E-state index contributed by atoms with van der Waals surface area (Å²) < 4.78 is 1.84. The van der Waals surface area contributed by atoms with Gasteiger partial charge in [-0.05, 0) is 39.7 Å². The minimum atomic E-state index is 0.807. The lowest BCUT2D eigenvalue weighted by Crippen LogP contribution is -2.11. The molecule has 0 spiro atoms. The summed E-state index contributed by atoms with van der Waals surface area (Å²) in [6.07, 6.45) is 3.64. The third-order valence-corrected chi connectivity index (χ3v) is 3.68. The molecule has 0 unspecified atom stereocenters. The second kappa shape index (κ2) is 5.77. The minimum absolute atomic E-state index is 0.807. The molecule has 0 radical (unpaired) electrons. The topological polar surface area (TPSA) is 24.9 Å². The fourth-order valence-corrected chi connectivity index (χ4v) is 2.80. The molecule has 2 rings (SSSR count). The van der Waals surface area contributed by atoms with Crippen LogP contribution in [0.2, 0.25) is 4.34 Å². The van der Waals surface area contributed by atoms with Gasteiger partial charge in [-0.25, -0.2) is 0 Å². The molecule has 0 aliphatic carbocycles. The van der Waals surface area contributed by atoms with Crippen LogP contribution in [-0.4, -0.2) is 4.98 Å². The second-order valence-corrected chi connectivity index (χ2v) is 6.04. The first-order valence-electron chi connectivity index (χ1n) is 4.78. The maximum absolute atomic E-state index is 5.85. The summed E-state index contributed by atoms with van der Waals surface area (Å²) >= 11 is 10.9. The lowest BCUT2D eigenvalue weighted by Gasteiger charge is -2.03. The highest BCUT2D eigenvalue weighted by molar-refractivity contribution is 9.10. The predicted molar refractivity (Wildman–Crippen MR) is 71.8 cm³/mol. The summed E-state index contributed by atoms with van der Waals surface area (Å²) in [7, 11) is 0. The number of nitrogens with one attached hydrogen (secondary N) is 1. The zero-order chi connectivity index (χ0) is 11.4. The van der Waals surface area contributed by atoms with Crippen LogP contribution in [0.1, 0.15) is 10.4 Å². The van der Waals surface area contributed by atoms with Crippen LogP contribution in [0.25, 0.3) is 0 Å². The molecule has 2 aromatic rings. The monoisotopic (exact) mass is 316 g/mol. The predicted octanol–water partition coefficient (Wildman–Crippen LogP) is 3.85. The van der Waals surface area contributed by atoms with Crippen molar-refractivity contribution in [1.29, 1.82) is 0 Å². The molecule has 16 heavy (non-hydrogen) atoms. The Morgan fingerprint density at radius 2 is 2.19 bits per heavy atom. The number of pyridine rings is 1. The van der Waals surface area contributed by atoms with E-state index in [9.17, 15) is 0 Å². The molecule has 2 aromatic heterocycles. The quantitative estimate of drug-likeness (QED) is 0.926. The third kappa shape index (κ3) is 3.56. The van der Waals surface area contributed by atoms with E-state index in [2.05, 4.69) is 32.3 Å². The van der Waals surface area contributed by atoms with Gasteiger partial charge < -0.3 is 5.32 Å². The minimum Gasteiger partial charge on any atom is -0.308 e. The second-order valence-electron chi connectivity index (χ2n) is 3.32. The maximum atomic E-state index is 5.85. The fourth-order valence-electron chi connectivity index (χ4n) is 1.33. The highest BCUT2D eigenvalue weighted by Gasteiger charge is 1.98. The van der Waals surface area contributed by atoms with Gasteiger partial charge in [0.1, 0.15) is 0 Å². The van der Waals surface area contributed by atoms with Gasteiger partial charge in [0.25, 0.3) is 0 Å². The summed E-state index contributed by atoms with van der Waals surface area (Å²) in [6.45, 7) is 1.64. The Kier molecular flexibility index (Phi) is 4.35. The van der Waals surface area contributed by atoms with Crippen LogP contribution in [0.4, 0.5) is 0 Å². The molecule has 0 atom stereocenters. The number of hydrogen-bond donors (Lipinski definition) is 1. The summed E-state index contributed by atoms with van der Waals surface area (Å²) in [5.74, 6) is 0. The van der Waals surface area contributed by atoms with Crippen molar-refractivity contribution in [2.24, 2.45) is 0 Å². The van der Waals surface area contributed by atoms with Gasteiger partial charge in [-0.1, -0.05) is 11.6 Å². The molecule has 1 N–H and O–H groups in total. The van der Waals surface area contributed by atoms with Crippen molar-refractivity contribution in [3.63, 3.8) is 0 Å². The summed E-state index contributed by atoms with van der Waals surface area (Å²) in [6, 6.07) is 6.02. The van der Waals surface area contributed by atoms with Gasteiger partial charge in [0.2, 0.25) is 0 Å². The molecule has 5 heteroatoms. The van der Waals surface area contributed by atoms with E-state index in [4.69, 9.17) is 11.6 Å². The Hall–Kier alpha value is -0.420. The van der Waals surface area contributed by atoms with Gasteiger partial charge in [0, 0.05) is 34.8 Å². The number of aromatic nitrogens is 1. The van der Waals surface area contributed by atoms with Crippen molar-refractivity contribution in [1.82, 2.24) is 10.3 Å². The van der Waals surface area contributed by atoms with Crippen LogP contribution in [0.15, 0.2) is 35.1 Å². The molecule has 0 fully saturated rings. The molecule has 0 bridgehead atoms. The van der Waals surface area contributed by atoms with E-state index in [1.54, 1.807) is 17.5 Å². The Balaban J connectivity index is 1.84. The van der Waals surface area contributed by atoms with E-state index in [1.807, 2.05) is 18.3 Å². The average molecular weight is 318 g/mol. The number of thiophene rings is 1. The van der Waals surface area contributed by atoms with Crippen molar-refractivity contribution in [3.05, 3.63) is 49.8 Å². The van der Waals surface area contributed by atoms with Crippen molar-refractivity contribution >= 4 is 38.9 Å². The molecule has 0 aromatic carbocycles. The first-order chi connectivity index (χ1) is 7.74. The molecule has 2 heterocycles. The van der Waals surface area contributed by atoms with E-state index in [-0.39, 0.29) is 0 Å². The largest absolute Gasteiger partial charge is 0.308 e. The molecule has 0 aliphatic rings. The lowest BCUT2D eigenvalue weighted by atomic mass is 10.3. The van der Waals surface area contributed by atoms with Crippen LogP contribution in [-0.2, 0) is 13.1 Å². The van der Waals surface area contributed by atoms with Crippen molar-refractivity contribution < 1.29 is 0 Å². The zero-order valence-electron chi connectivity index (χ0n) is 8.41. The van der Waals surface area contributed by atoms with E-state index < -0.39 is 0 Å². The molecular formula is C11H10BrClN2S. The summed E-state index contributed by atoms with van der Waals surface area (Å²) in [5.41, 5.74) is 1.16. The molecular weight excluding hydrogens is 308 g/mol. The average Bonchev–Trinajstić information content (AvgIpc) is 2.64. The van der Waals surface area contributed by atoms with Crippen LogP contribution in [0.3, 0.4) is 0 Å². The first kappa shape index (κ1) is 12.0. The Morgan fingerprint density at radius 3 is 2.88 bits per heavy atom. The van der Waals surface area contributed by atoms with Crippen LogP contribution in [0, 0.1) is 0 Å². The molecule has 0 saturated heterocycles. The van der Waals surface area contributed by atoms with Crippen molar-refractivity contribution in [3.8, 4) is 0 Å². The highest BCUT2D eigenvalue weighted by atomic mass is 79.9. The van der Waals surface area contributed by atoms with E-state index in [0.29, 0.717) is 0 Å². The normalized spacial score (nSPS) is 10.6. The third-order valence-electron chi connectivity index (χ3n) is 2.02. The number of hydrogen-bond acceptors (Lipinski definition) is 3. The Labute approximate surface area is 112 Å². The Morgan fingerprint density at radius 1 is 1.31 bits per heavy atom. The smallest absolute Gasteiger partial charge is 0.0931 e. The molecule has 84 valence electrons. The SMILES string of the molecule is Clc1ccc(CNCc2cncc(Br)c2)s1. The molecule has 0 amide bonds. The van der Waals surface area contributed by atoms with Gasteiger partial charge in [-0.3, -0.25) is 4.98 Å².